The Bertz CT molecular complexity index is 1060. The molecule has 4 nitrogen and oxygen atoms in total. The molecular weight excluding hydrogens is 356 g/mol. The first-order chi connectivity index (χ1) is 13.0. The number of aryl methyl sites for hydroxylation is 2. The highest BCUT2D eigenvalue weighted by Crippen LogP contribution is 2.39. The third-order valence-electron chi connectivity index (χ3n) is 4.32. The Kier molecular flexibility index (Phi) is 4.46. The Balaban J connectivity index is 1.62. The van der Waals surface area contributed by atoms with Gasteiger partial charge in [0.25, 0.3) is 11.8 Å². The molecule has 5 heteroatoms. The molecule has 0 spiro atoms. The van der Waals surface area contributed by atoms with Gasteiger partial charge in [-0.2, -0.15) is 0 Å². The smallest absolute Gasteiger partial charge is 0.256 e. The molecule has 0 saturated heterocycles. The van der Waals surface area contributed by atoms with E-state index >= 15 is 0 Å². The second-order valence-electron chi connectivity index (χ2n) is 6.59. The van der Waals surface area contributed by atoms with Crippen LogP contribution in [0, 0.1) is 13.8 Å². The second-order valence-corrected chi connectivity index (χ2v) is 7.68. The zero-order valence-corrected chi connectivity index (χ0v) is 15.8. The van der Waals surface area contributed by atoms with Crippen molar-refractivity contribution < 1.29 is 9.59 Å². The summed E-state index contributed by atoms with van der Waals surface area (Å²) in [4.78, 5) is 27.0. The van der Waals surface area contributed by atoms with Gasteiger partial charge in [0.05, 0.1) is 11.3 Å². The molecule has 0 radical (unpaired) electrons. The van der Waals surface area contributed by atoms with Crippen LogP contribution in [0.3, 0.4) is 0 Å². The normalized spacial score (nSPS) is 12.4. The van der Waals surface area contributed by atoms with E-state index in [0.717, 1.165) is 26.6 Å². The molecule has 27 heavy (non-hydrogen) atoms. The summed E-state index contributed by atoms with van der Waals surface area (Å²) in [6, 6.07) is 18.8. The Morgan fingerprint density at radius 2 is 1.67 bits per heavy atom. The third kappa shape index (κ3) is 3.59. The molecule has 0 aromatic heterocycles. The van der Waals surface area contributed by atoms with Gasteiger partial charge in [0, 0.05) is 21.0 Å². The molecule has 0 saturated carbocycles. The van der Waals surface area contributed by atoms with E-state index in [1.807, 2.05) is 50.2 Å². The lowest BCUT2D eigenvalue weighted by molar-refractivity contribution is 0.101. The summed E-state index contributed by atoms with van der Waals surface area (Å²) in [5, 5.41) is 5.85. The van der Waals surface area contributed by atoms with Crippen molar-refractivity contribution in [3.8, 4) is 0 Å². The minimum absolute atomic E-state index is 0.163. The Morgan fingerprint density at radius 3 is 2.44 bits per heavy atom. The van der Waals surface area contributed by atoms with Crippen molar-refractivity contribution >= 4 is 35.0 Å². The molecule has 2 N–H and O–H groups in total. The molecule has 3 aromatic carbocycles. The lowest BCUT2D eigenvalue weighted by Gasteiger charge is -2.11. The number of fused-ring (bicyclic) bond motifs is 2. The first kappa shape index (κ1) is 17.4. The second kappa shape index (κ2) is 6.93. The quantitative estimate of drug-likeness (QED) is 0.642. The monoisotopic (exact) mass is 374 g/mol. The van der Waals surface area contributed by atoms with Crippen molar-refractivity contribution in [1.82, 2.24) is 0 Å². The standard InChI is InChI=1S/C22H18N2O2S/c1-13-9-14(2)11-16(10-13)23-21(25)15-7-8-20-18(12-15)24-22(26)17-5-3-4-6-19(17)27-20/h3-12H,1-2H3,(H,23,25)(H,24,26). The summed E-state index contributed by atoms with van der Waals surface area (Å²) in [5.41, 5.74) is 4.73. The zero-order chi connectivity index (χ0) is 19.0. The van der Waals surface area contributed by atoms with E-state index in [-0.39, 0.29) is 11.8 Å². The van der Waals surface area contributed by atoms with E-state index in [2.05, 4.69) is 16.7 Å². The molecule has 1 heterocycles. The molecule has 134 valence electrons. The lowest BCUT2D eigenvalue weighted by Crippen LogP contribution is -2.14. The molecule has 0 atom stereocenters. The van der Waals surface area contributed by atoms with Crippen LogP contribution in [0.5, 0.6) is 0 Å². The summed E-state index contributed by atoms with van der Waals surface area (Å²) >= 11 is 1.52. The maximum absolute atomic E-state index is 12.7. The average Bonchev–Trinajstić information content (AvgIpc) is 2.76. The molecular formula is C22H18N2O2S. The highest BCUT2D eigenvalue weighted by atomic mass is 32.2. The molecule has 3 aromatic rings. The predicted molar refractivity (Wildman–Crippen MR) is 109 cm³/mol. The SMILES string of the molecule is Cc1cc(C)cc(NC(=O)c2ccc3c(c2)NC(=O)c2ccccc2S3)c1. The van der Waals surface area contributed by atoms with Gasteiger partial charge in [-0.15, -0.1) is 0 Å². The predicted octanol–water partition coefficient (Wildman–Crippen LogP) is 5.27. The number of carbonyl (C=O) groups excluding carboxylic acids is 2. The first-order valence-corrected chi connectivity index (χ1v) is 9.43. The topological polar surface area (TPSA) is 58.2 Å². The molecule has 1 aliphatic heterocycles. The summed E-state index contributed by atoms with van der Waals surface area (Å²) < 4.78 is 0. The number of carbonyl (C=O) groups is 2. The van der Waals surface area contributed by atoms with E-state index < -0.39 is 0 Å². The third-order valence-corrected chi connectivity index (χ3v) is 5.47. The van der Waals surface area contributed by atoms with Crippen LogP contribution in [0.25, 0.3) is 0 Å². The Morgan fingerprint density at radius 1 is 0.926 bits per heavy atom. The number of nitrogens with one attached hydrogen (secondary N) is 2. The van der Waals surface area contributed by atoms with Crippen LogP contribution in [-0.2, 0) is 0 Å². The number of anilines is 2. The molecule has 0 bridgehead atoms. The van der Waals surface area contributed by atoms with Gasteiger partial charge in [0.1, 0.15) is 0 Å². The minimum atomic E-state index is -0.205. The Labute approximate surface area is 162 Å². The van der Waals surface area contributed by atoms with Crippen molar-refractivity contribution in [2.45, 2.75) is 23.6 Å². The van der Waals surface area contributed by atoms with Crippen LogP contribution in [0.4, 0.5) is 11.4 Å². The average molecular weight is 374 g/mol. The van der Waals surface area contributed by atoms with Crippen molar-refractivity contribution in [3.05, 3.63) is 82.9 Å². The number of benzene rings is 3. The summed E-state index contributed by atoms with van der Waals surface area (Å²) in [6.07, 6.45) is 0. The summed E-state index contributed by atoms with van der Waals surface area (Å²) in [5.74, 6) is -0.368. The molecule has 0 unspecified atom stereocenters. The van der Waals surface area contributed by atoms with Gasteiger partial charge in [0.2, 0.25) is 0 Å². The highest BCUT2D eigenvalue weighted by Gasteiger charge is 2.20. The van der Waals surface area contributed by atoms with Crippen LogP contribution in [0.15, 0.2) is 70.5 Å². The van der Waals surface area contributed by atoms with Crippen LogP contribution in [0.1, 0.15) is 31.8 Å². The molecule has 2 amide bonds. The van der Waals surface area contributed by atoms with E-state index in [0.29, 0.717) is 16.8 Å². The van der Waals surface area contributed by atoms with Crippen molar-refractivity contribution in [3.63, 3.8) is 0 Å². The number of hydrogen-bond donors (Lipinski definition) is 2. The first-order valence-electron chi connectivity index (χ1n) is 8.61. The van der Waals surface area contributed by atoms with Crippen LogP contribution in [0.2, 0.25) is 0 Å². The largest absolute Gasteiger partial charge is 0.322 e. The maximum Gasteiger partial charge on any atom is 0.256 e. The van der Waals surface area contributed by atoms with Crippen LogP contribution >= 0.6 is 11.8 Å². The van der Waals surface area contributed by atoms with Crippen molar-refractivity contribution in [2.75, 3.05) is 10.6 Å². The van der Waals surface area contributed by atoms with Gasteiger partial charge in [0.15, 0.2) is 0 Å². The van der Waals surface area contributed by atoms with Gasteiger partial charge in [-0.3, -0.25) is 9.59 Å². The molecule has 4 rings (SSSR count). The maximum atomic E-state index is 12.7. The van der Waals surface area contributed by atoms with E-state index in [1.165, 1.54) is 11.8 Å². The van der Waals surface area contributed by atoms with Gasteiger partial charge >= 0.3 is 0 Å². The highest BCUT2D eigenvalue weighted by molar-refractivity contribution is 7.99. The molecule has 0 fully saturated rings. The van der Waals surface area contributed by atoms with Gasteiger partial charge < -0.3 is 10.6 Å². The fraction of sp³-hybridized carbons (Fsp3) is 0.0909. The lowest BCUT2D eigenvalue weighted by atomic mass is 10.1. The molecule has 0 aliphatic carbocycles. The van der Waals surface area contributed by atoms with Gasteiger partial charge in [-0.1, -0.05) is 30.0 Å². The van der Waals surface area contributed by atoms with Crippen molar-refractivity contribution in [2.24, 2.45) is 0 Å². The van der Waals surface area contributed by atoms with Gasteiger partial charge in [-0.25, -0.2) is 0 Å². The van der Waals surface area contributed by atoms with E-state index in [1.54, 1.807) is 18.2 Å². The van der Waals surface area contributed by atoms with Crippen molar-refractivity contribution in [1.29, 1.82) is 0 Å². The molecule has 1 aliphatic rings. The summed E-state index contributed by atoms with van der Waals surface area (Å²) in [7, 11) is 0. The minimum Gasteiger partial charge on any atom is -0.322 e. The number of amides is 2. The number of hydrogen-bond acceptors (Lipinski definition) is 3. The Hall–Kier alpha value is -3.05. The van der Waals surface area contributed by atoms with Crippen LogP contribution in [-0.4, -0.2) is 11.8 Å². The van der Waals surface area contributed by atoms with E-state index in [9.17, 15) is 9.59 Å². The van der Waals surface area contributed by atoms with Gasteiger partial charge in [-0.05, 0) is 67.4 Å². The fourth-order valence-electron chi connectivity index (χ4n) is 3.16. The van der Waals surface area contributed by atoms with E-state index in [4.69, 9.17) is 0 Å². The number of rotatable bonds is 2. The summed E-state index contributed by atoms with van der Waals surface area (Å²) in [6.45, 7) is 3.99. The van der Waals surface area contributed by atoms with Crippen LogP contribution < -0.4 is 10.6 Å². The zero-order valence-electron chi connectivity index (χ0n) is 15.0. The fourth-order valence-corrected chi connectivity index (χ4v) is 4.17.